The van der Waals surface area contributed by atoms with E-state index < -0.39 is 24.1 Å². The monoisotopic (exact) mass is 256 g/mol. The van der Waals surface area contributed by atoms with E-state index in [0.29, 0.717) is 19.4 Å². The largest absolute Gasteiger partial charge is 0.480 e. The Hall–Kier alpha value is -1.35. The first kappa shape index (κ1) is 18.0. The number of nitrogens with zero attached hydrogens (tertiary/aromatic N) is 1. The van der Waals surface area contributed by atoms with E-state index in [1.807, 2.05) is 0 Å². The van der Waals surface area contributed by atoms with Crippen LogP contribution in [0.2, 0.25) is 0 Å². The van der Waals surface area contributed by atoms with Crippen LogP contribution in [0.25, 0.3) is 0 Å². The molecule has 0 aromatic rings. The van der Waals surface area contributed by atoms with Gasteiger partial charge in [0, 0.05) is 6.15 Å². The summed E-state index contributed by atoms with van der Waals surface area (Å²) in [6.07, 6.45) is -4.31. The molecule has 0 saturated heterocycles. The summed E-state index contributed by atoms with van der Waals surface area (Å²) in [7, 11) is 0. The van der Waals surface area contributed by atoms with E-state index >= 15 is 0 Å². The topological polar surface area (TPSA) is 123 Å². The molecule has 99 valence electrons. The van der Waals surface area contributed by atoms with E-state index in [-0.39, 0.29) is 12.6 Å². The van der Waals surface area contributed by atoms with Crippen molar-refractivity contribution in [3.8, 4) is 0 Å². The summed E-state index contributed by atoms with van der Waals surface area (Å²) < 4.78 is 35.5. The minimum Gasteiger partial charge on any atom is -0.480 e. The summed E-state index contributed by atoms with van der Waals surface area (Å²) in [5.41, 5.74) is 5.15. The molecule has 3 radical (unpaired) electrons. The Balaban J connectivity index is 0. The lowest BCUT2D eigenvalue weighted by atomic mass is 10.1. The Morgan fingerprint density at radius 1 is 1.29 bits per heavy atom. The summed E-state index contributed by atoms with van der Waals surface area (Å²) in [6.45, 7) is 0.319. The summed E-state index contributed by atoms with van der Waals surface area (Å²) >= 11 is 0. The molecule has 4 N–H and O–H groups in total. The van der Waals surface area contributed by atoms with Crippen molar-refractivity contribution in [3.05, 3.63) is 0 Å². The minimum absolute atomic E-state index is 0. The summed E-state index contributed by atoms with van der Waals surface area (Å²) in [6, 6.07) is -1.53. The van der Waals surface area contributed by atoms with Crippen molar-refractivity contribution in [3.63, 3.8) is 0 Å². The van der Waals surface area contributed by atoms with E-state index in [0.717, 1.165) is 0 Å². The zero-order valence-corrected chi connectivity index (χ0v) is 8.83. The maximum Gasteiger partial charge on any atom is 0.471 e. The number of amides is 1. The highest BCUT2D eigenvalue weighted by Gasteiger charge is 2.40. The van der Waals surface area contributed by atoms with Gasteiger partial charge >= 0.3 is 18.1 Å². The Labute approximate surface area is 95.9 Å². The molecule has 17 heavy (non-hydrogen) atoms. The zero-order chi connectivity index (χ0) is 12.8. The third-order valence-electron chi connectivity index (χ3n) is 1.81. The summed E-state index contributed by atoms with van der Waals surface area (Å²) in [5, 5.41) is 9.98. The number of alkyl halides is 3. The summed E-state index contributed by atoms with van der Waals surface area (Å²) in [4.78, 5) is 21.0. The number of carbonyl (C=O) groups is 2. The van der Waals surface area contributed by atoms with Gasteiger partial charge in [0.2, 0.25) is 0 Å². The fourth-order valence-corrected chi connectivity index (χ4v) is 0.990. The van der Waals surface area contributed by atoms with Gasteiger partial charge in [-0.25, -0.2) is 4.79 Å². The SMILES string of the molecule is NCCCC[C@H](NC(=O)C(F)(F)F)C(=O)O.[N]. The average Bonchev–Trinajstić information content (AvgIpc) is 2.14. The van der Waals surface area contributed by atoms with Gasteiger partial charge in [-0.15, -0.1) is 0 Å². The third-order valence-corrected chi connectivity index (χ3v) is 1.81. The minimum atomic E-state index is -5.07. The second kappa shape index (κ2) is 7.85. The number of nitrogens with two attached hydrogens (primary N) is 1. The van der Waals surface area contributed by atoms with Crippen molar-refractivity contribution in [1.82, 2.24) is 11.5 Å². The number of rotatable bonds is 6. The zero-order valence-electron chi connectivity index (χ0n) is 8.83. The standard InChI is InChI=1S/C8H13F3N2O3.N/c9-8(10,11)7(16)13-5(6(14)15)3-1-2-4-12;/h5H,1-4,12H2,(H,13,16)(H,14,15);/t5-;/m0./s1. The van der Waals surface area contributed by atoms with Crippen LogP contribution in [0.3, 0.4) is 0 Å². The van der Waals surface area contributed by atoms with E-state index in [1.54, 1.807) is 0 Å². The predicted molar refractivity (Wildman–Crippen MR) is 50.7 cm³/mol. The van der Waals surface area contributed by atoms with E-state index in [9.17, 15) is 22.8 Å². The number of halogens is 3. The molecule has 0 bridgehead atoms. The molecule has 0 saturated carbocycles. The molecule has 0 aromatic carbocycles. The van der Waals surface area contributed by atoms with Crippen LogP contribution in [0.1, 0.15) is 19.3 Å². The summed E-state index contributed by atoms with van der Waals surface area (Å²) in [5.74, 6) is -3.73. The van der Waals surface area contributed by atoms with Gasteiger partial charge < -0.3 is 16.2 Å². The van der Waals surface area contributed by atoms with Crippen molar-refractivity contribution in [2.45, 2.75) is 31.5 Å². The number of hydrogen-bond donors (Lipinski definition) is 3. The highest BCUT2D eigenvalue weighted by Crippen LogP contribution is 2.15. The molecule has 0 aliphatic rings. The van der Waals surface area contributed by atoms with Gasteiger partial charge in [-0.05, 0) is 25.8 Å². The molecule has 0 aliphatic carbocycles. The lowest BCUT2D eigenvalue weighted by molar-refractivity contribution is -0.175. The molecule has 0 fully saturated rings. The second-order valence-corrected chi connectivity index (χ2v) is 3.15. The molecule has 0 heterocycles. The van der Waals surface area contributed by atoms with Gasteiger partial charge in [-0.2, -0.15) is 13.2 Å². The molecule has 1 amide bonds. The van der Waals surface area contributed by atoms with Crippen molar-refractivity contribution in [2.24, 2.45) is 5.73 Å². The molecule has 0 unspecified atom stereocenters. The van der Waals surface area contributed by atoms with Crippen LogP contribution in [0.4, 0.5) is 13.2 Å². The normalized spacial score (nSPS) is 12.5. The van der Waals surface area contributed by atoms with Crippen LogP contribution < -0.4 is 17.2 Å². The number of carboxylic acid groups (broad SMARTS) is 1. The molecular formula is C8H13F3N3O3. The van der Waals surface area contributed by atoms with Crippen LogP contribution >= 0.6 is 0 Å². The van der Waals surface area contributed by atoms with Crippen LogP contribution in [0, 0.1) is 0 Å². The number of carbonyl (C=O) groups excluding carboxylic acids is 1. The molecule has 6 nitrogen and oxygen atoms in total. The van der Waals surface area contributed by atoms with E-state index in [2.05, 4.69) is 0 Å². The molecule has 0 rings (SSSR count). The first-order valence-electron chi connectivity index (χ1n) is 4.59. The fourth-order valence-electron chi connectivity index (χ4n) is 0.990. The smallest absolute Gasteiger partial charge is 0.471 e. The van der Waals surface area contributed by atoms with Crippen molar-refractivity contribution in [1.29, 1.82) is 0 Å². The van der Waals surface area contributed by atoms with Crippen LogP contribution in [0.5, 0.6) is 0 Å². The molecular weight excluding hydrogens is 243 g/mol. The van der Waals surface area contributed by atoms with Gasteiger partial charge in [-0.1, -0.05) is 0 Å². The number of hydrogen-bond acceptors (Lipinski definition) is 3. The van der Waals surface area contributed by atoms with Crippen LogP contribution in [-0.4, -0.2) is 35.7 Å². The predicted octanol–water partition coefficient (Wildman–Crippen LogP) is -0.234. The number of carboxylic acids is 1. The quantitative estimate of drug-likeness (QED) is 0.568. The Bertz CT molecular complexity index is 258. The molecule has 0 spiro atoms. The lowest BCUT2D eigenvalue weighted by Crippen LogP contribution is -2.46. The number of unbranched alkanes of at least 4 members (excludes halogenated alkanes) is 1. The first-order chi connectivity index (χ1) is 7.29. The average molecular weight is 256 g/mol. The Kier molecular flexibility index (Phi) is 8.32. The van der Waals surface area contributed by atoms with Crippen LogP contribution in [0.15, 0.2) is 0 Å². The van der Waals surface area contributed by atoms with E-state index in [1.165, 1.54) is 5.32 Å². The first-order valence-corrected chi connectivity index (χ1v) is 4.59. The van der Waals surface area contributed by atoms with Crippen molar-refractivity contribution < 1.29 is 27.9 Å². The van der Waals surface area contributed by atoms with Gasteiger partial charge in [0.15, 0.2) is 0 Å². The highest BCUT2D eigenvalue weighted by atomic mass is 19.4. The second-order valence-electron chi connectivity index (χ2n) is 3.15. The Morgan fingerprint density at radius 2 is 1.82 bits per heavy atom. The Morgan fingerprint density at radius 3 is 2.18 bits per heavy atom. The number of nitrogens with one attached hydrogen (secondary N) is 1. The molecule has 0 aliphatic heterocycles. The maximum atomic E-state index is 11.8. The van der Waals surface area contributed by atoms with E-state index in [4.69, 9.17) is 10.8 Å². The fraction of sp³-hybridized carbons (Fsp3) is 0.750. The van der Waals surface area contributed by atoms with Gasteiger partial charge in [-0.3, -0.25) is 4.79 Å². The van der Waals surface area contributed by atoms with Gasteiger partial charge in [0.25, 0.3) is 0 Å². The van der Waals surface area contributed by atoms with Crippen LogP contribution in [-0.2, 0) is 9.59 Å². The van der Waals surface area contributed by atoms with Gasteiger partial charge in [0.05, 0.1) is 0 Å². The van der Waals surface area contributed by atoms with Gasteiger partial charge in [0.1, 0.15) is 6.04 Å². The number of aliphatic carboxylic acids is 1. The van der Waals surface area contributed by atoms with Crippen molar-refractivity contribution in [2.75, 3.05) is 6.54 Å². The maximum absolute atomic E-state index is 11.8. The van der Waals surface area contributed by atoms with Crippen molar-refractivity contribution >= 4 is 11.9 Å². The highest BCUT2D eigenvalue weighted by molar-refractivity contribution is 5.86. The lowest BCUT2D eigenvalue weighted by Gasteiger charge is -2.15. The molecule has 0 aromatic heterocycles. The molecule has 1 atom stereocenters. The third kappa shape index (κ3) is 7.53. The molecule has 9 heteroatoms.